The molecule has 0 bridgehead atoms. The average Bonchev–Trinajstić information content (AvgIpc) is 3.25. The highest BCUT2D eigenvalue weighted by molar-refractivity contribution is 6.03. The number of para-hydroxylation sites is 1. The van der Waals surface area contributed by atoms with E-state index in [1.54, 1.807) is 0 Å². The molecule has 0 fully saturated rings. The molecular weight excluding hydrogens is 468 g/mol. The lowest BCUT2D eigenvalue weighted by molar-refractivity contribution is -0.121. The number of aryl methyl sites for hydroxylation is 1. The number of hydrogen-bond donors (Lipinski definition) is 1. The Labute approximate surface area is 228 Å². The van der Waals surface area contributed by atoms with Crippen molar-refractivity contribution in [3.05, 3.63) is 71.2 Å². The van der Waals surface area contributed by atoms with Gasteiger partial charge in [-0.05, 0) is 41.9 Å². The summed E-state index contributed by atoms with van der Waals surface area (Å²) in [5.74, 6) is 1.28. The number of nitrogens with one attached hydrogen (secondary N) is 1. The van der Waals surface area contributed by atoms with Crippen LogP contribution in [0.4, 0.5) is 0 Å². The number of benzene rings is 2. The minimum absolute atomic E-state index is 0.122. The van der Waals surface area contributed by atoms with Crippen LogP contribution in [-0.2, 0) is 30.7 Å². The predicted molar refractivity (Wildman–Crippen MR) is 158 cm³/mol. The first-order valence-electron chi connectivity index (χ1n) is 14.4. The molecule has 0 aliphatic rings. The number of carbonyl (C=O) groups is 1. The maximum Gasteiger partial charge on any atom is 0.220 e. The molecule has 1 amide bonds. The maximum absolute atomic E-state index is 12.1. The van der Waals surface area contributed by atoms with Crippen LogP contribution in [0.1, 0.15) is 95.8 Å². The van der Waals surface area contributed by atoms with E-state index in [2.05, 4.69) is 93.0 Å². The van der Waals surface area contributed by atoms with Gasteiger partial charge in [-0.15, -0.1) is 0 Å². The normalized spacial score (nSPS) is 11.9. The van der Waals surface area contributed by atoms with Crippen molar-refractivity contribution in [2.75, 3.05) is 0 Å². The van der Waals surface area contributed by atoms with Crippen molar-refractivity contribution >= 4 is 27.8 Å². The molecule has 1 N–H and O–H groups in total. The SMILES string of the molecule is CCCCCC(=O)NCc1ccc(Cn2c(CCCC)nc3c(CC(C)(C)C)nc4ccccc4c32)cc1. The summed E-state index contributed by atoms with van der Waals surface area (Å²) in [5.41, 5.74) is 6.85. The third-order valence-corrected chi connectivity index (χ3v) is 7.05. The Morgan fingerprint density at radius 3 is 2.32 bits per heavy atom. The molecule has 38 heavy (non-hydrogen) atoms. The highest BCUT2D eigenvalue weighted by atomic mass is 16.1. The van der Waals surface area contributed by atoms with Crippen molar-refractivity contribution in [1.29, 1.82) is 0 Å². The van der Waals surface area contributed by atoms with Crippen LogP contribution in [-0.4, -0.2) is 20.4 Å². The van der Waals surface area contributed by atoms with Crippen molar-refractivity contribution in [1.82, 2.24) is 19.9 Å². The van der Waals surface area contributed by atoms with Gasteiger partial charge in [0, 0.05) is 31.3 Å². The van der Waals surface area contributed by atoms with Gasteiger partial charge in [-0.3, -0.25) is 9.78 Å². The van der Waals surface area contributed by atoms with E-state index in [0.717, 1.165) is 85.0 Å². The average molecular weight is 513 g/mol. The van der Waals surface area contributed by atoms with E-state index in [4.69, 9.17) is 9.97 Å². The zero-order valence-electron chi connectivity index (χ0n) is 23.9. The fraction of sp³-hybridized carbons (Fsp3) is 0.485. The van der Waals surface area contributed by atoms with E-state index in [0.29, 0.717) is 13.0 Å². The summed E-state index contributed by atoms with van der Waals surface area (Å²) >= 11 is 0. The van der Waals surface area contributed by atoms with E-state index < -0.39 is 0 Å². The molecule has 2 heterocycles. The van der Waals surface area contributed by atoms with Gasteiger partial charge in [0.15, 0.2) is 0 Å². The van der Waals surface area contributed by atoms with E-state index in [-0.39, 0.29) is 11.3 Å². The third kappa shape index (κ3) is 7.00. The van der Waals surface area contributed by atoms with Crippen molar-refractivity contribution < 1.29 is 4.79 Å². The van der Waals surface area contributed by atoms with E-state index in [1.165, 1.54) is 11.1 Å². The molecular formula is C33H44N4O. The van der Waals surface area contributed by atoms with Gasteiger partial charge in [0.1, 0.15) is 11.3 Å². The molecule has 4 aromatic rings. The Balaban J connectivity index is 1.65. The smallest absolute Gasteiger partial charge is 0.220 e. The molecule has 5 nitrogen and oxygen atoms in total. The minimum atomic E-state index is 0.122. The first-order chi connectivity index (χ1) is 18.3. The van der Waals surface area contributed by atoms with Crippen LogP contribution in [0.3, 0.4) is 0 Å². The standard InChI is InChI=1S/C33H44N4O/c1-6-8-10-16-30(38)34-22-24-17-19-25(20-18-24)23-37-29(15-9-7-2)36-31-28(21-33(3,4)5)35-27-14-12-11-13-26(27)32(31)37/h11-14,17-20H,6-10,15-16,21-23H2,1-5H3,(H,34,38). The number of unbranched alkanes of at least 4 members (excludes halogenated alkanes) is 3. The Morgan fingerprint density at radius 2 is 1.61 bits per heavy atom. The minimum Gasteiger partial charge on any atom is -0.352 e. The molecule has 0 spiro atoms. The van der Waals surface area contributed by atoms with Crippen LogP contribution >= 0.6 is 0 Å². The number of aromatic nitrogens is 3. The highest BCUT2D eigenvalue weighted by Gasteiger charge is 2.22. The van der Waals surface area contributed by atoms with Gasteiger partial charge in [-0.25, -0.2) is 4.98 Å². The van der Waals surface area contributed by atoms with Crippen LogP contribution < -0.4 is 5.32 Å². The number of pyridine rings is 1. The topological polar surface area (TPSA) is 59.8 Å². The molecule has 0 aliphatic carbocycles. The molecule has 2 aromatic carbocycles. The molecule has 4 rings (SSSR count). The van der Waals surface area contributed by atoms with Crippen LogP contribution in [0, 0.1) is 5.41 Å². The Morgan fingerprint density at radius 1 is 0.895 bits per heavy atom. The quantitative estimate of drug-likeness (QED) is 0.197. The molecule has 202 valence electrons. The van der Waals surface area contributed by atoms with Crippen LogP contribution in [0.2, 0.25) is 0 Å². The predicted octanol–water partition coefficient (Wildman–Crippen LogP) is 7.76. The van der Waals surface area contributed by atoms with Crippen LogP contribution in [0.15, 0.2) is 48.5 Å². The second kappa shape index (κ2) is 12.6. The lowest BCUT2D eigenvalue weighted by atomic mass is 9.89. The molecule has 0 radical (unpaired) electrons. The Bertz CT molecular complexity index is 1360. The van der Waals surface area contributed by atoms with Gasteiger partial charge in [-0.1, -0.05) is 96.3 Å². The van der Waals surface area contributed by atoms with Gasteiger partial charge in [0.2, 0.25) is 5.91 Å². The van der Waals surface area contributed by atoms with Crippen molar-refractivity contribution in [3.8, 4) is 0 Å². The first-order valence-corrected chi connectivity index (χ1v) is 14.4. The van der Waals surface area contributed by atoms with Gasteiger partial charge in [0.05, 0.1) is 16.7 Å². The number of hydrogen-bond acceptors (Lipinski definition) is 3. The molecule has 0 atom stereocenters. The van der Waals surface area contributed by atoms with Crippen LogP contribution in [0.25, 0.3) is 21.9 Å². The summed E-state index contributed by atoms with van der Waals surface area (Å²) in [5, 5.41) is 4.23. The van der Waals surface area contributed by atoms with Crippen molar-refractivity contribution in [2.24, 2.45) is 5.41 Å². The first kappa shape index (κ1) is 27.8. The molecule has 0 aliphatic heterocycles. The van der Waals surface area contributed by atoms with Gasteiger partial charge in [-0.2, -0.15) is 0 Å². The van der Waals surface area contributed by atoms with Crippen LogP contribution in [0.5, 0.6) is 0 Å². The fourth-order valence-corrected chi connectivity index (χ4v) is 5.03. The number of carbonyl (C=O) groups excluding carboxylic acids is 1. The van der Waals surface area contributed by atoms with E-state index >= 15 is 0 Å². The van der Waals surface area contributed by atoms with E-state index in [9.17, 15) is 4.79 Å². The van der Waals surface area contributed by atoms with Gasteiger partial charge < -0.3 is 9.88 Å². The van der Waals surface area contributed by atoms with Crippen molar-refractivity contribution in [2.45, 2.75) is 99.1 Å². The fourth-order valence-electron chi connectivity index (χ4n) is 5.03. The zero-order valence-corrected chi connectivity index (χ0v) is 23.9. The largest absolute Gasteiger partial charge is 0.352 e. The summed E-state index contributed by atoms with van der Waals surface area (Å²) < 4.78 is 2.42. The maximum atomic E-state index is 12.1. The summed E-state index contributed by atoms with van der Waals surface area (Å²) in [6.07, 6.45) is 7.89. The van der Waals surface area contributed by atoms with Gasteiger partial charge in [0.25, 0.3) is 0 Å². The van der Waals surface area contributed by atoms with Gasteiger partial charge >= 0.3 is 0 Å². The molecule has 0 saturated carbocycles. The number of rotatable bonds is 12. The molecule has 2 aromatic heterocycles. The second-order valence-electron chi connectivity index (χ2n) is 11.8. The monoisotopic (exact) mass is 512 g/mol. The summed E-state index contributed by atoms with van der Waals surface area (Å²) in [4.78, 5) is 22.4. The summed E-state index contributed by atoms with van der Waals surface area (Å²) in [6.45, 7) is 12.5. The Hall–Kier alpha value is -3.21. The number of amides is 1. The molecule has 0 unspecified atom stereocenters. The lowest BCUT2D eigenvalue weighted by Crippen LogP contribution is -2.22. The van der Waals surface area contributed by atoms with E-state index in [1.807, 2.05) is 0 Å². The number of imidazole rings is 1. The molecule has 5 heteroatoms. The molecule has 0 saturated heterocycles. The second-order valence-corrected chi connectivity index (χ2v) is 11.8. The summed E-state index contributed by atoms with van der Waals surface area (Å²) in [7, 11) is 0. The highest BCUT2D eigenvalue weighted by Crippen LogP contribution is 2.32. The summed E-state index contributed by atoms with van der Waals surface area (Å²) in [6, 6.07) is 17.1. The Kier molecular flexibility index (Phi) is 9.19. The lowest BCUT2D eigenvalue weighted by Gasteiger charge is -2.18. The van der Waals surface area contributed by atoms with Crippen molar-refractivity contribution in [3.63, 3.8) is 0 Å². The number of nitrogens with zero attached hydrogens (tertiary/aromatic N) is 3. The number of fused-ring (bicyclic) bond motifs is 3. The third-order valence-electron chi connectivity index (χ3n) is 7.05. The zero-order chi connectivity index (χ0) is 27.1.